The van der Waals surface area contributed by atoms with E-state index in [1.54, 1.807) is 0 Å². The predicted molar refractivity (Wildman–Crippen MR) is 185 cm³/mol. The van der Waals surface area contributed by atoms with Crippen molar-refractivity contribution in [2.75, 3.05) is 0 Å². The van der Waals surface area contributed by atoms with Crippen molar-refractivity contribution in [2.45, 2.75) is 19.3 Å². The van der Waals surface area contributed by atoms with Crippen molar-refractivity contribution in [1.82, 2.24) is 0 Å². The van der Waals surface area contributed by atoms with Crippen LogP contribution in [-0.4, -0.2) is 0 Å². The third-order valence-electron chi connectivity index (χ3n) is 9.45. The second-order valence-electron chi connectivity index (χ2n) is 12.2. The van der Waals surface area contributed by atoms with Crippen molar-refractivity contribution in [3.63, 3.8) is 0 Å². The van der Waals surface area contributed by atoms with Crippen LogP contribution in [0.1, 0.15) is 30.5 Å². The molecule has 9 rings (SSSR count). The summed E-state index contributed by atoms with van der Waals surface area (Å²) in [6, 6.07) is 41.6. The van der Waals surface area contributed by atoms with Gasteiger partial charge in [0, 0.05) is 5.41 Å². The first-order valence-corrected chi connectivity index (χ1v) is 14.9. The molecule has 0 fully saturated rings. The molecule has 0 saturated carbocycles. The van der Waals surface area contributed by atoms with Gasteiger partial charge in [-0.3, -0.25) is 0 Å². The molecule has 1 aliphatic carbocycles. The molecule has 8 aromatic carbocycles. The minimum absolute atomic E-state index is 0.0255. The van der Waals surface area contributed by atoms with Gasteiger partial charge in [0.2, 0.25) is 0 Å². The van der Waals surface area contributed by atoms with Crippen LogP contribution in [0, 0.1) is 0 Å². The fraction of sp³-hybridized carbons (Fsp3) is 0.0698. The van der Waals surface area contributed by atoms with Gasteiger partial charge in [0.05, 0.1) is 5.48 Å². The van der Waals surface area contributed by atoms with Gasteiger partial charge in [-0.15, -0.1) is 0 Å². The van der Waals surface area contributed by atoms with E-state index in [1.165, 1.54) is 21.9 Å². The maximum Gasteiger partial charge on any atom is 0.0629 e. The Morgan fingerprint density at radius 1 is 0.419 bits per heavy atom. The average Bonchev–Trinajstić information content (AvgIpc) is 3.32. The van der Waals surface area contributed by atoms with E-state index in [1.807, 2.05) is 42.5 Å². The second kappa shape index (κ2) is 8.90. The van der Waals surface area contributed by atoms with Crippen LogP contribution in [-0.2, 0) is 5.41 Å². The standard InChI is InChI=1S/C43H30/c1-43(2)41-26-32(20-21-37(41)38-22-19-28-9-5-6-12-34(28)42(38)43)27-15-17-29(18-16-27)39-25-33-23-30-10-3-4-11-31(30)24-40(33)36-14-8-7-13-35(36)39/h3-26H,1-2H3/i15D,16D,17D,18D. The number of hydrogen-bond acceptors (Lipinski definition) is 0. The van der Waals surface area contributed by atoms with Gasteiger partial charge >= 0.3 is 0 Å². The molecule has 0 unspecified atom stereocenters. The number of fused-ring (bicyclic) bond motifs is 9. The Hall–Kier alpha value is -5.20. The highest BCUT2D eigenvalue weighted by molar-refractivity contribution is 6.16. The lowest BCUT2D eigenvalue weighted by Gasteiger charge is -2.23. The Kier molecular flexibility index (Phi) is 4.27. The summed E-state index contributed by atoms with van der Waals surface area (Å²) in [4.78, 5) is 0. The monoisotopic (exact) mass is 550 g/mol. The molecule has 8 aromatic rings. The molecule has 0 nitrogen and oxygen atoms in total. The van der Waals surface area contributed by atoms with E-state index >= 15 is 0 Å². The van der Waals surface area contributed by atoms with Crippen molar-refractivity contribution < 1.29 is 5.48 Å². The summed E-state index contributed by atoms with van der Waals surface area (Å²) >= 11 is 0. The average molecular weight is 551 g/mol. The maximum absolute atomic E-state index is 9.31. The number of hydrogen-bond donors (Lipinski definition) is 0. The number of benzene rings is 8. The topological polar surface area (TPSA) is 0 Å². The molecule has 43 heavy (non-hydrogen) atoms. The molecule has 0 heteroatoms. The molecule has 0 heterocycles. The Labute approximate surface area is 257 Å². The molecule has 202 valence electrons. The molecule has 0 amide bonds. The summed E-state index contributed by atoms with van der Waals surface area (Å²) in [7, 11) is 0. The molecule has 0 atom stereocenters. The van der Waals surface area contributed by atoms with Crippen LogP contribution in [0.4, 0.5) is 0 Å². The molecule has 1 aliphatic rings. The zero-order chi connectivity index (χ0) is 32.2. The summed E-state index contributed by atoms with van der Waals surface area (Å²) in [5, 5.41) is 8.75. The van der Waals surface area contributed by atoms with Crippen LogP contribution in [0.2, 0.25) is 0 Å². The molecule has 0 aromatic heterocycles. The van der Waals surface area contributed by atoms with E-state index in [9.17, 15) is 5.48 Å². The van der Waals surface area contributed by atoms with Gasteiger partial charge < -0.3 is 0 Å². The van der Waals surface area contributed by atoms with Crippen LogP contribution < -0.4 is 0 Å². The molecular weight excluding hydrogens is 516 g/mol. The lowest BCUT2D eigenvalue weighted by atomic mass is 9.79. The lowest BCUT2D eigenvalue weighted by Crippen LogP contribution is -2.15. The fourth-order valence-corrected chi connectivity index (χ4v) is 7.35. The van der Waals surface area contributed by atoms with E-state index in [0.29, 0.717) is 22.3 Å². The van der Waals surface area contributed by atoms with Gasteiger partial charge in [0.15, 0.2) is 0 Å². The van der Waals surface area contributed by atoms with Crippen molar-refractivity contribution in [2.24, 2.45) is 0 Å². The van der Waals surface area contributed by atoms with Gasteiger partial charge in [-0.05, 0) is 112 Å². The first kappa shape index (κ1) is 20.6. The number of rotatable bonds is 2. The highest BCUT2D eigenvalue weighted by atomic mass is 14.4. The summed E-state index contributed by atoms with van der Waals surface area (Å²) in [6.07, 6.45) is 0. The maximum atomic E-state index is 9.31. The van der Waals surface area contributed by atoms with E-state index in [0.717, 1.165) is 43.4 Å². The summed E-state index contributed by atoms with van der Waals surface area (Å²) in [5.41, 5.74) is 6.56. The van der Waals surface area contributed by atoms with Crippen LogP contribution >= 0.6 is 0 Å². The summed E-state index contributed by atoms with van der Waals surface area (Å²) < 4.78 is 37.2. The Morgan fingerprint density at radius 3 is 1.84 bits per heavy atom. The van der Waals surface area contributed by atoms with Crippen LogP contribution in [0.25, 0.3) is 76.5 Å². The quantitative estimate of drug-likeness (QED) is 0.148. The molecule has 0 N–H and O–H groups in total. The third kappa shape index (κ3) is 3.57. The largest absolute Gasteiger partial charge is 0.0629 e. The first-order chi connectivity index (χ1) is 22.7. The van der Waals surface area contributed by atoms with E-state index < -0.39 is 0 Å². The molecule has 0 saturated heterocycles. The van der Waals surface area contributed by atoms with Crippen molar-refractivity contribution in [3.05, 3.63) is 157 Å². The third-order valence-corrected chi connectivity index (χ3v) is 9.45. The van der Waals surface area contributed by atoms with Gasteiger partial charge in [0.25, 0.3) is 0 Å². The Bertz CT molecular complexity index is 2620. The summed E-state index contributed by atoms with van der Waals surface area (Å²) in [6.45, 7) is 4.47. The van der Waals surface area contributed by atoms with E-state index in [4.69, 9.17) is 0 Å². The molecule has 0 bridgehead atoms. The van der Waals surface area contributed by atoms with Crippen LogP contribution in [0.5, 0.6) is 0 Å². The zero-order valence-corrected chi connectivity index (χ0v) is 24.0. The molecular formula is C43H30. The fourth-order valence-electron chi connectivity index (χ4n) is 7.35. The molecule has 0 aliphatic heterocycles. The highest BCUT2D eigenvalue weighted by Gasteiger charge is 2.37. The normalized spacial score (nSPS) is 14.8. The highest BCUT2D eigenvalue weighted by Crippen LogP contribution is 2.52. The van der Waals surface area contributed by atoms with Crippen LogP contribution in [0.3, 0.4) is 0 Å². The SMILES string of the molecule is [2H]c1c([2H])c(-c2cc3cc4ccccc4cc3c3ccccc23)c([2H])c([2H])c1-c1ccc2c(c1)C(C)(C)c1c-2ccc2ccccc12. The zero-order valence-electron chi connectivity index (χ0n) is 28.0. The van der Waals surface area contributed by atoms with Gasteiger partial charge in [-0.2, -0.15) is 0 Å². The van der Waals surface area contributed by atoms with E-state index in [2.05, 4.69) is 92.7 Å². The Balaban J connectivity index is 1.25. The smallest absolute Gasteiger partial charge is 0.0616 e. The predicted octanol–water partition coefficient (Wildman–Crippen LogP) is 11.9. The van der Waals surface area contributed by atoms with Crippen molar-refractivity contribution in [1.29, 1.82) is 0 Å². The second-order valence-corrected chi connectivity index (χ2v) is 12.2. The van der Waals surface area contributed by atoms with Gasteiger partial charge in [-0.1, -0.05) is 135 Å². The molecule has 0 radical (unpaired) electrons. The first-order valence-electron chi connectivity index (χ1n) is 16.9. The van der Waals surface area contributed by atoms with Gasteiger partial charge in [-0.25, -0.2) is 0 Å². The summed E-state index contributed by atoms with van der Waals surface area (Å²) in [5.74, 6) is 0. The van der Waals surface area contributed by atoms with Crippen molar-refractivity contribution >= 4 is 43.1 Å². The van der Waals surface area contributed by atoms with Gasteiger partial charge in [0.1, 0.15) is 0 Å². The Morgan fingerprint density at radius 2 is 1.05 bits per heavy atom. The minimum Gasteiger partial charge on any atom is -0.0616 e. The molecule has 0 spiro atoms. The lowest BCUT2D eigenvalue weighted by molar-refractivity contribution is 0.666. The van der Waals surface area contributed by atoms with E-state index in [-0.39, 0.29) is 29.6 Å². The minimum atomic E-state index is -0.298. The van der Waals surface area contributed by atoms with Crippen LogP contribution in [0.15, 0.2) is 145 Å². The van der Waals surface area contributed by atoms with Crippen molar-refractivity contribution in [3.8, 4) is 33.4 Å².